The van der Waals surface area contributed by atoms with Crippen molar-refractivity contribution in [1.29, 1.82) is 0 Å². The molecule has 2 saturated carbocycles. The van der Waals surface area contributed by atoms with E-state index in [4.69, 9.17) is 4.74 Å². The molecule has 0 radical (unpaired) electrons. The molecule has 0 aliphatic heterocycles. The largest absolute Gasteiger partial charge is 0.456 e. The first-order valence-corrected chi connectivity index (χ1v) is 7.83. The van der Waals surface area contributed by atoms with Crippen molar-refractivity contribution in [2.24, 2.45) is 5.92 Å². The van der Waals surface area contributed by atoms with Gasteiger partial charge in [0.05, 0.1) is 10.2 Å². The zero-order valence-corrected chi connectivity index (χ0v) is 11.9. The Bertz CT molecular complexity index is 662. The molecule has 1 heterocycles. The summed E-state index contributed by atoms with van der Waals surface area (Å²) in [6, 6.07) is 7.98. The highest BCUT2D eigenvalue weighted by Gasteiger charge is 2.57. The third kappa shape index (κ3) is 2.24. The number of esters is 1. The van der Waals surface area contributed by atoms with Crippen molar-refractivity contribution in [3.05, 3.63) is 35.3 Å². The minimum absolute atomic E-state index is 0.102. The summed E-state index contributed by atoms with van der Waals surface area (Å²) in [5.41, 5.74) is 0.872. The fourth-order valence-corrected chi connectivity index (χ4v) is 3.53. The smallest absolute Gasteiger partial charge is 0.331 e. The Balaban J connectivity index is 1.46. The zero-order valence-electron chi connectivity index (χ0n) is 11.0. The van der Waals surface area contributed by atoms with Gasteiger partial charge in [0, 0.05) is 6.08 Å². The van der Waals surface area contributed by atoms with E-state index in [0.717, 1.165) is 28.1 Å². The number of hydrogen-bond donors (Lipinski definition) is 0. The van der Waals surface area contributed by atoms with Crippen molar-refractivity contribution in [2.45, 2.75) is 31.3 Å². The monoisotopic (exact) mass is 285 g/mol. The number of fused-ring (bicyclic) bond motifs is 1. The predicted octanol–water partition coefficient (Wildman–Crippen LogP) is 3.80. The van der Waals surface area contributed by atoms with E-state index in [-0.39, 0.29) is 11.6 Å². The molecule has 1 aromatic heterocycles. The lowest BCUT2D eigenvalue weighted by Crippen LogP contribution is -2.20. The summed E-state index contributed by atoms with van der Waals surface area (Å²) < 4.78 is 6.76. The first-order valence-electron chi connectivity index (χ1n) is 7.02. The Morgan fingerprint density at radius 1 is 1.35 bits per heavy atom. The maximum Gasteiger partial charge on any atom is 0.331 e. The molecule has 0 spiro atoms. The molecule has 102 valence electrons. The molecule has 2 aliphatic rings. The molecule has 0 atom stereocenters. The predicted molar refractivity (Wildman–Crippen MR) is 79.4 cm³/mol. The van der Waals surface area contributed by atoms with Crippen molar-refractivity contribution >= 4 is 33.6 Å². The maximum absolute atomic E-state index is 11.9. The first kappa shape index (κ1) is 12.1. The van der Waals surface area contributed by atoms with Crippen LogP contribution in [0.5, 0.6) is 0 Å². The summed E-state index contributed by atoms with van der Waals surface area (Å²) >= 11 is 1.59. The minimum atomic E-state index is -0.228. The highest BCUT2D eigenvalue weighted by atomic mass is 32.1. The minimum Gasteiger partial charge on any atom is -0.456 e. The fourth-order valence-electron chi connectivity index (χ4n) is 2.66. The van der Waals surface area contributed by atoms with Crippen LogP contribution < -0.4 is 0 Å². The van der Waals surface area contributed by atoms with Crippen LogP contribution in [0, 0.1) is 5.92 Å². The molecule has 20 heavy (non-hydrogen) atoms. The quantitative estimate of drug-likeness (QED) is 0.633. The number of carbonyl (C=O) groups excluding carboxylic acids is 1. The summed E-state index contributed by atoms with van der Waals surface area (Å²) in [7, 11) is 0. The van der Waals surface area contributed by atoms with Gasteiger partial charge in [0.25, 0.3) is 0 Å². The van der Waals surface area contributed by atoms with E-state index in [0.29, 0.717) is 5.92 Å². The fraction of sp³-hybridized carbons (Fsp3) is 0.375. The van der Waals surface area contributed by atoms with Crippen molar-refractivity contribution < 1.29 is 9.53 Å². The van der Waals surface area contributed by atoms with Gasteiger partial charge in [-0.15, -0.1) is 11.3 Å². The van der Waals surface area contributed by atoms with Crippen LogP contribution in [0.2, 0.25) is 0 Å². The Morgan fingerprint density at radius 2 is 2.15 bits per heavy atom. The molecule has 0 unspecified atom stereocenters. The van der Waals surface area contributed by atoms with E-state index in [1.54, 1.807) is 17.4 Å². The van der Waals surface area contributed by atoms with E-state index < -0.39 is 0 Å². The topological polar surface area (TPSA) is 39.2 Å². The second kappa shape index (κ2) is 4.42. The second-order valence-electron chi connectivity index (χ2n) is 5.61. The molecule has 1 aromatic carbocycles. The molecule has 2 fully saturated rings. The van der Waals surface area contributed by atoms with Gasteiger partial charge in [-0.25, -0.2) is 9.78 Å². The summed E-state index contributed by atoms with van der Waals surface area (Å²) in [5, 5.41) is 0.847. The lowest BCUT2D eigenvalue weighted by atomic mass is 10.2. The molecule has 0 amide bonds. The summed E-state index contributed by atoms with van der Waals surface area (Å²) in [6.07, 6.45) is 7.79. The number of thiazole rings is 1. The third-order valence-corrected chi connectivity index (χ3v) is 5.04. The van der Waals surface area contributed by atoms with Gasteiger partial charge in [0.15, 0.2) is 0 Å². The van der Waals surface area contributed by atoms with Crippen molar-refractivity contribution in [3.63, 3.8) is 0 Å². The summed E-state index contributed by atoms with van der Waals surface area (Å²) in [5.74, 6) is 0.399. The normalized spacial score (nSPS) is 20.4. The van der Waals surface area contributed by atoms with Crippen LogP contribution in [0.3, 0.4) is 0 Å². The number of para-hydroxylation sites is 1. The van der Waals surface area contributed by atoms with Crippen LogP contribution in [0.25, 0.3) is 16.3 Å². The van der Waals surface area contributed by atoms with Crippen molar-refractivity contribution in [3.8, 4) is 0 Å². The molecule has 2 aliphatic carbocycles. The second-order valence-corrected chi connectivity index (χ2v) is 6.68. The van der Waals surface area contributed by atoms with Crippen LogP contribution in [0.15, 0.2) is 30.3 Å². The third-order valence-electron chi connectivity index (χ3n) is 4.04. The van der Waals surface area contributed by atoms with Gasteiger partial charge in [0.2, 0.25) is 0 Å². The lowest BCUT2D eigenvalue weighted by molar-refractivity contribution is -0.146. The lowest BCUT2D eigenvalue weighted by Gasteiger charge is -2.13. The van der Waals surface area contributed by atoms with Gasteiger partial charge in [-0.1, -0.05) is 12.1 Å². The van der Waals surface area contributed by atoms with Crippen LogP contribution >= 0.6 is 11.3 Å². The van der Waals surface area contributed by atoms with Gasteiger partial charge in [-0.05, 0) is 49.8 Å². The number of hydrogen-bond acceptors (Lipinski definition) is 4. The average molecular weight is 285 g/mol. The Labute approximate surface area is 121 Å². The Morgan fingerprint density at radius 3 is 2.85 bits per heavy atom. The number of aromatic nitrogens is 1. The molecule has 2 aromatic rings. The van der Waals surface area contributed by atoms with Crippen LogP contribution in [-0.4, -0.2) is 16.6 Å². The molecule has 0 saturated heterocycles. The number of carbonyl (C=O) groups is 1. The molecule has 4 heteroatoms. The highest BCUT2D eigenvalue weighted by Crippen LogP contribution is 2.56. The van der Waals surface area contributed by atoms with Crippen LogP contribution in [-0.2, 0) is 9.53 Å². The standard InChI is InChI=1S/C16H15NO2S/c18-15(19-16(9-10-16)11-5-6-11)8-7-14-17-12-3-1-2-4-13(12)20-14/h1-4,7-8,11H,5-6,9-10H2/b8-7-. The van der Waals surface area contributed by atoms with Crippen LogP contribution in [0.4, 0.5) is 0 Å². The van der Waals surface area contributed by atoms with E-state index in [1.165, 1.54) is 18.9 Å². The Kier molecular flexibility index (Phi) is 2.67. The van der Waals surface area contributed by atoms with E-state index in [1.807, 2.05) is 24.3 Å². The molecule has 0 bridgehead atoms. The number of rotatable bonds is 4. The number of nitrogens with zero attached hydrogens (tertiary/aromatic N) is 1. The molecule has 0 N–H and O–H groups in total. The SMILES string of the molecule is O=C(/C=C\c1nc2ccccc2s1)OC1(C2CC2)CC1. The highest BCUT2D eigenvalue weighted by molar-refractivity contribution is 7.19. The summed E-state index contributed by atoms with van der Waals surface area (Å²) in [6.45, 7) is 0. The molecule has 3 nitrogen and oxygen atoms in total. The molecule has 4 rings (SSSR count). The van der Waals surface area contributed by atoms with Gasteiger partial charge < -0.3 is 4.74 Å². The van der Waals surface area contributed by atoms with E-state index in [2.05, 4.69) is 4.98 Å². The van der Waals surface area contributed by atoms with Gasteiger partial charge in [0.1, 0.15) is 10.6 Å². The maximum atomic E-state index is 11.9. The average Bonchev–Trinajstić information content (AvgIpc) is 3.34. The van der Waals surface area contributed by atoms with Crippen molar-refractivity contribution in [1.82, 2.24) is 4.98 Å². The van der Waals surface area contributed by atoms with E-state index >= 15 is 0 Å². The van der Waals surface area contributed by atoms with E-state index in [9.17, 15) is 4.79 Å². The Hall–Kier alpha value is -1.68. The van der Waals surface area contributed by atoms with Crippen molar-refractivity contribution in [2.75, 3.05) is 0 Å². The molecular formula is C16H15NO2S. The van der Waals surface area contributed by atoms with Gasteiger partial charge >= 0.3 is 5.97 Å². The number of ether oxygens (including phenoxy) is 1. The zero-order chi connectivity index (χ0) is 13.6. The number of benzene rings is 1. The van der Waals surface area contributed by atoms with Gasteiger partial charge in [-0.2, -0.15) is 0 Å². The summed E-state index contributed by atoms with van der Waals surface area (Å²) in [4.78, 5) is 16.4. The first-order chi connectivity index (χ1) is 9.75. The molecular weight excluding hydrogens is 270 g/mol. The van der Waals surface area contributed by atoms with Gasteiger partial charge in [-0.3, -0.25) is 0 Å². The van der Waals surface area contributed by atoms with Crippen LogP contribution in [0.1, 0.15) is 30.7 Å².